The quantitative estimate of drug-likeness (QED) is 0.894. The smallest absolute Gasteiger partial charge is 0.224 e. The highest BCUT2D eigenvalue weighted by Gasteiger charge is 2.16. The van der Waals surface area contributed by atoms with Crippen LogP contribution in [0.15, 0.2) is 12.1 Å². The first-order valence-electron chi connectivity index (χ1n) is 5.80. The molecule has 0 aliphatic carbocycles. The van der Waals surface area contributed by atoms with Crippen LogP contribution in [0.3, 0.4) is 0 Å². The van der Waals surface area contributed by atoms with Crippen molar-refractivity contribution in [3.63, 3.8) is 0 Å². The van der Waals surface area contributed by atoms with Gasteiger partial charge in [-0.3, -0.25) is 4.79 Å². The van der Waals surface area contributed by atoms with E-state index < -0.39 is 0 Å². The lowest BCUT2D eigenvalue weighted by Gasteiger charge is -2.20. The maximum absolute atomic E-state index is 11.6. The highest BCUT2D eigenvalue weighted by atomic mass is 35.5. The first kappa shape index (κ1) is 15.9. The molecule has 106 valence electrons. The lowest BCUT2D eigenvalue weighted by Crippen LogP contribution is -2.17. The van der Waals surface area contributed by atoms with Crippen LogP contribution >= 0.6 is 24.0 Å². The van der Waals surface area contributed by atoms with Crippen LogP contribution in [0.25, 0.3) is 0 Å². The standard InChI is InChI=1S/C12H15ClN2O3.ClH/c13-8-6-10-11(18-5-4-17-10)7-9(8)15-12(16)2-1-3-14;/h6-7H,1-5,14H2,(H,15,16);1H. The molecule has 1 aliphatic rings. The molecule has 19 heavy (non-hydrogen) atoms. The minimum atomic E-state index is -0.112. The molecule has 0 aromatic heterocycles. The summed E-state index contributed by atoms with van der Waals surface area (Å²) in [5, 5.41) is 3.16. The fourth-order valence-corrected chi connectivity index (χ4v) is 1.84. The molecule has 1 aliphatic heterocycles. The van der Waals surface area contributed by atoms with Gasteiger partial charge in [-0.25, -0.2) is 0 Å². The Kier molecular flexibility index (Phi) is 6.21. The molecule has 1 aromatic rings. The van der Waals surface area contributed by atoms with Crippen molar-refractivity contribution >= 4 is 35.6 Å². The van der Waals surface area contributed by atoms with Crippen LogP contribution < -0.4 is 20.5 Å². The average Bonchev–Trinajstić information content (AvgIpc) is 2.37. The molecule has 2 rings (SSSR count). The van der Waals surface area contributed by atoms with Gasteiger partial charge < -0.3 is 20.5 Å². The zero-order chi connectivity index (χ0) is 13.0. The van der Waals surface area contributed by atoms with Crippen molar-refractivity contribution in [2.24, 2.45) is 5.73 Å². The van der Waals surface area contributed by atoms with Gasteiger partial charge in [0.1, 0.15) is 13.2 Å². The number of amides is 1. The first-order valence-corrected chi connectivity index (χ1v) is 6.17. The van der Waals surface area contributed by atoms with E-state index in [2.05, 4.69) is 5.32 Å². The summed E-state index contributed by atoms with van der Waals surface area (Å²) in [4.78, 5) is 11.6. The molecule has 1 heterocycles. The number of carbonyl (C=O) groups excluding carboxylic acids is 1. The number of hydrogen-bond donors (Lipinski definition) is 2. The molecule has 1 aromatic carbocycles. The largest absolute Gasteiger partial charge is 0.486 e. The van der Waals surface area contributed by atoms with Gasteiger partial charge in [-0.05, 0) is 13.0 Å². The Bertz CT molecular complexity index is 455. The molecule has 3 N–H and O–H groups in total. The fourth-order valence-electron chi connectivity index (χ4n) is 1.64. The van der Waals surface area contributed by atoms with Gasteiger partial charge in [0.25, 0.3) is 0 Å². The molecule has 0 fully saturated rings. The number of anilines is 1. The Morgan fingerprint density at radius 2 is 1.95 bits per heavy atom. The van der Waals surface area contributed by atoms with Gasteiger partial charge in [0, 0.05) is 18.6 Å². The molecular formula is C12H16Cl2N2O3. The summed E-state index contributed by atoms with van der Waals surface area (Å²) in [5.41, 5.74) is 5.88. The van der Waals surface area contributed by atoms with Gasteiger partial charge in [-0.15, -0.1) is 12.4 Å². The van der Waals surface area contributed by atoms with Crippen molar-refractivity contribution in [1.29, 1.82) is 0 Å². The van der Waals surface area contributed by atoms with E-state index in [0.29, 0.717) is 54.8 Å². The summed E-state index contributed by atoms with van der Waals surface area (Å²) < 4.78 is 10.8. The number of ether oxygens (including phenoxy) is 2. The fraction of sp³-hybridized carbons (Fsp3) is 0.417. The molecule has 7 heteroatoms. The Labute approximate surface area is 122 Å². The molecule has 0 atom stereocenters. The molecule has 0 unspecified atom stereocenters. The maximum atomic E-state index is 11.6. The van der Waals surface area contributed by atoms with E-state index in [1.807, 2.05) is 0 Å². The summed E-state index contributed by atoms with van der Waals surface area (Å²) in [5.74, 6) is 1.09. The van der Waals surface area contributed by atoms with Crippen LogP contribution in [0.2, 0.25) is 5.02 Å². The zero-order valence-corrected chi connectivity index (χ0v) is 11.9. The number of halogens is 2. The zero-order valence-electron chi connectivity index (χ0n) is 10.3. The van der Waals surface area contributed by atoms with Crippen LogP contribution in [-0.4, -0.2) is 25.7 Å². The topological polar surface area (TPSA) is 73.6 Å². The number of nitrogens with one attached hydrogen (secondary N) is 1. The van der Waals surface area contributed by atoms with E-state index in [9.17, 15) is 4.79 Å². The summed E-state index contributed by atoms with van der Waals surface area (Å²) in [7, 11) is 0. The summed E-state index contributed by atoms with van der Waals surface area (Å²) in [6, 6.07) is 3.33. The van der Waals surface area contributed by atoms with E-state index in [-0.39, 0.29) is 18.3 Å². The maximum Gasteiger partial charge on any atom is 0.224 e. The van der Waals surface area contributed by atoms with E-state index >= 15 is 0 Å². The summed E-state index contributed by atoms with van der Waals surface area (Å²) in [6.07, 6.45) is 1.02. The lowest BCUT2D eigenvalue weighted by molar-refractivity contribution is -0.116. The minimum Gasteiger partial charge on any atom is -0.486 e. The number of hydrogen-bond acceptors (Lipinski definition) is 4. The normalized spacial score (nSPS) is 12.5. The Hall–Kier alpha value is -1.17. The Morgan fingerprint density at radius 3 is 2.58 bits per heavy atom. The third-order valence-corrected chi connectivity index (χ3v) is 2.83. The Morgan fingerprint density at radius 1 is 1.32 bits per heavy atom. The summed E-state index contributed by atoms with van der Waals surface area (Å²) in [6.45, 7) is 1.49. The predicted octanol–water partition coefficient (Wildman–Crippen LogP) is 2.21. The highest BCUT2D eigenvalue weighted by Crippen LogP contribution is 2.37. The van der Waals surface area contributed by atoms with Crippen molar-refractivity contribution < 1.29 is 14.3 Å². The minimum absolute atomic E-state index is 0. The van der Waals surface area contributed by atoms with Crippen LogP contribution in [0.4, 0.5) is 5.69 Å². The molecule has 0 radical (unpaired) electrons. The molecule has 5 nitrogen and oxygen atoms in total. The first-order chi connectivity index (χ1) is 8.70. The van der Waals surface area contributed by atoms with Crippen molar-refractivity contribution in [3.05, 3.63) is 17.2 Å². The number of carbonyl (C=O) groups is 1. The third-order valence-electron chi connectivity index (χ3n) is 2.51. The molecular weight excluding hydrogens is 291 g/mol. The van der Waals surface area contributed by atoms with Crippen molar-refractivity contribution in [2.75, 3.05) is 25.1 Å². The van der Waals surface area contributed by atoms with E-state index in [0.717, 1.165) is 0 Å². The average molecular weight is 307 g/mol. The second kappa shape index (κ2) is 7.43. The van der Waals surface area contributed by atoms with Gasteiger partial charge in [0.15, 0.2) is 11.5 Å². The van der Waals surface area contributed by atoms with Gasteiger partial charge in [0.2, 0.25) is 5.91 Å². The van der Waals surface area contributed by atoms with Gasteiger partial charge >= 0.3 is 0 Å². The van der Waals surface area contributed by atoms with Crippen molar-refractivity contribution in [1.82, 2.24) is 0 Å². The van der Waals surface area contributed by atoms with Gasteiger partial charge in [0.05, 0.1) is 10.7 Å². The number of fused-ring (bicyclic) bond motifs is 1. The van der Waals surface area contributed by atoms with Crippen LogP contribution in [0, 0.1) is 0 Å². The molecule has 0 spiro atoms. The predicted molar refractivity (Wildman–Crippen MR) is 76.6 cm³/mol. The highest BCUT2D eigenvalue weighted by molar-refractivity contribution is 6.34. The van der Waals surface area contributed by atoms with E-state index in [1.54, 1.807) is 12.1 Å². The van der Waals surface area contributed by atoms with Crippen LogP contribution in [0.1, 0.15) is 12.8 Å². The Balaban J connectivity index is 0.00000180. The molecule has 0 saturated carbocycles. The second-order valence-electron chi connectivity index (χ2n) is 3.92. The number of rotatable bonds is 4. The summed E-state index contributed by atoms with van der Waals surface area (Å²) >= 11 is 6.06. The lowest BCUT2D eigenvalue weighted by atomic mass is 10.2. The SMILES string of the molecule is Cl.NCCCC(=O)Nc1cc2c(cc1Cl)OCCO2. The van der Waals surface area contributed by atoms with E-state index in [1.165, 1.54) is 0 Å². The monoisotopic (exact) mass is 306 g/mol. The van der Waals surface area contributed by atoms with Crippen LogP contribution in [0.5, 0.6) is 11.5 Å². The number of nitrogens with two attached hydrogens (primary N) is 1. The molecule has 1 amide bonds. The van der Waals surface area contributed by atoms with Crippen molar-refractivity contribution in [2.45, 2.75) is 12.8 Å². The van der Waals surface area contributed by atoms with Crippen molar-refractivity contribution in [3.8, 4) is 11.5 Å². The van der Waals surface area contributed by atoms with Gasteiger partial charge in [-0.1, -0.05) is 11.6 Å². The molecule has 0 saturated heterocycles. The molecule has 0 bridgehead atoms. The van der Waals surface area contributed by atoms with E-state index in [4.69, 9.17) is 26.8 Å². The van der Waals surface area contributed by atoms with Gasteiger partial charge in [-0.2, -0.15) is 0 Å². The third kappa shape index (κ3) is 4.16. The van der Waals surface area contributed by atoms with Crippen LogP contribution in [-0.2, 0) is 4.79 Å². The second-order valence-corrected chi connectivity index (χ2v) is 4.32. The number of benzene rings is 1.